The fourth-order valence-corrected chi connectivity index (χ4v) is 5.43. The lowest BCUT2D eigenvalue weighted by atomic mass is 9.86. The summed E-state index contributed by atoms with van der Waals surface area (Å²) in [5.74, 6) is 0.778. The van der Waals surface area contributed by atoms with Crippen LogP contribution in [0.4, 0.5) is 0 Å². The standard InChI is InChI=1S/C21H34BN3S/c1-16-17(2)20(7-6-19(16)8-9-22)12-18-13-24(14-18)15-21(23)26-25-10-4-3-5-11-25/h6-7,18,21H,3-5,8-15,23H2,1-2H3. The Hall–Kier alpha value is -0.485. The minimum absolute atomic E-state index is 0.216. The second-order valence-electron chi connectivity index (χ2n) is 8.09. The quantitative estimate of drug-likeness (QED) is 0.432. The number of piperidine rings is 1. The van der Waals surface area contributed by atoms with Gasteiger partial charge in [-0.15, -0.1) is 0 Å². The maximum absolute atomic E-state index is 6.37. The highest BCUT2D eigenvalue weighted by Crippen LogP contribution is 2.27. The first kappa shape index (κ1) is 20.3. The first-order valence-corrected chi connectivity index (χ1v) is 11.1. The Labute approximate surface area is 165 Å². The predicted octanol–water partition coefficient (Wildman–Crippen LogP) is 3.33. The van der Waals surface area contributed by atoms with Crippen LogP contribution in [-0.2, 0) is 12.8 Å². The van der Waals surface area contributed by atoms with Gasteiger partial charge in [-0.2, -0.15) is 0 Å². The highest BCUT2D eigenvalue weighted by Gasteiger charge is 2.29. The van der Waals surface area contributed by atoms with Crippen molar-refractivity contribution < 1.29 is 0 Å². The molecule has 1 aromatic carbocycles. The Morgan fingerprint density at radius 2 is 1.77 bits per heavy atom. The van der Waals surface area contributed by atoms with Gasteiger partial charge in [0.1, 0.15) is 0 Å². The zero-order valence-electron chi connectivity index (χ0n) is 16.5. The molecule has 0 saturated carbocycles. The molecule has 2 N–H and O–H groups in total. The van der Waals surface area contributed by atoms with E-state index in [4.69, 9.17) is 13.6 Å². The Balaban J connectivity index is 1.42. The van der Waals surface area contributed by atoms with Crippen LogP contribution < -0.4 is 5.73 Å². The topological polar surface area (TPSA) is 32.5 Å². The van der Waals surface area contributed by atoms with E-state index in [9.17, 15) is 0 Å². The van der Waals surface area contributed by atoms with Gasteiger partial charge in [-0.1, -0.05) is 36.8 Å². The largest absolute Gasteiger partial charge is 0.317 e. The van der Waals surface area contributed by atoms with Crippen LogP contribution in [0, 0.1) is 19.8 Å². The van der Waals surface area contributed by atoms with E-state index < -0.39 is 0 Å². The van der Waals surface area contributed by atoms with Crippen LogP contribution >= 0.6 is 11.9 Å². The third kappa shape index (κ3) is 5.28. The van der Waals surface area contributed by atoms with Gasteiger partial charge in [-0.05, 0) is 67.7 Å². The van der Waals surface area contributed by atoms with E-state index in [2.05, 4.69) is 35.2 Å². The van der Waals surface area contributed by atoms with E-state index in [1.807, 2.05) is 11.9 Å². The molecule has 2 aliphatic rings. The second kappa shape index (κ2) is 9.63. The number of benzene rings is 1. The predicted molar refractivity (Wildman–Crippen MR) is 115 cm³/mol. The molecule has 0 aliphatic carbocycles. The smallest absolute Gasteiger partial charge is 0.0785 e. The second-order valence-corrected chi connectivity index (χ2v) is 9.43. The van der Waals surface area contributed by atoms with Gasteiger partial charge in [-0.25, -0.2) is 4.31 Å². The third-order valence-corrected chi connectivity index (χ3v) is 7.09. The molecule has 5 heteroatoms. The van der Waals surface area contributed by atoms with E-state index in [0.29, 0.717) is 0 Å². The van der Waals surface area contributed by atoms with E-state index in [0.717, 1.165) is 25.2 Å². The summed E-state index contributed by atoms with van der Waals surface area (Å²) in [6.07, 6.45) is 6.94. The minimum atomic E-state index is 0.216. The monoisotopic (exact) mass is 371 g/mol. The molecular weight excluding hydrogens is 337 g/mol. The van der Waals surface area contributed by atoms with E-state index >= 15 is 0 Å². The molecule has 142 valence electrons. The molecule has 2 saturated heterocycles. The van der Waals surface area contributed by atoms with Crippen LogP contribution in [0.25, 0.3) is 0 Å². The minimum Gasteiger partial charge on any atom is -0.317 e. The van der Waals surface area contributed by atoms with Gasteiger partial charge < -0.3 is 10.6 Å². The molecule has 3 rings (SSSR count). The van der Waals surface area contributed by atoms with Crippen LogP contribution in [0.15, 0.2) is 12.1 Å². The summed E-state index contributed by atoms with van der Waals surface area (Å²) >= 11 is 1.87. The zero-order valence-corrected chi connectivity index (χ0v) is 17.4. The highest BCUT2D eigenvalue weighted by molar-refractivity contribution is 7.97. The molecule has 3 nitrogen and oxygen atoms in total. The SMILES string of the molecule is [B]CCc1ccc(CC2CN(CC(N)SN3CCCCC3)C2)c(C)c1C. The molecule has 0 aromatic heterocycles. The van der Waals surface area contributed by atoms with Gasteiger partial charge in [0.15, 0.2) is 0 Å². The molecule has 1 atom stereocenters. The van der Waals surface area contributed by atoms with Gasteiger partial charge in [0.05, 0.1) is 13.2 Å². The molecule has 1 unspecified atom stereocenters. The van der Waals surface area contributed by atoms with Crippen LogP contribution in [0.3, 0.4) is 0 Å². The average Bonchev–Trinajstić information content (AvgIpc) is 2.60. The van der Waals surface area contributed by atoms with Crippen LogP contribution in [0.2, 0.25) is 6.32 Å². The lowest BCUT2D eigenvalue weighted by Crippen LogP contribution is -2.51. The van der Waals surface area contributed by atoms with Gasteiger partial charge in [0.25, 0.3) is 0 Å². The molecule has 26 heavy (non-hydrogen) atoms. The number of rotatable bonds is 8. The van der Waals surface area contributed by atoms with Crippen molar-refractivity contribution in [2.24, 2.45) is 11.7 Å². The summed E-state index contributed by atoms with van der Waals surface area (Å²) in [7, 11) is 5.72. The fourth-order valence-electron chi connectivity index (χ4n) is 4.30. The summed E-state index contributed by atoms with van der Waals surface area (Å²) in [6, 6.07) is 4.61. The Morgan fingerprint density at radius 3 is 2.46 bits per heavy atom. The fraction of sp³-hybridized carbons (Fsp3) is 0.714. The van der Waals surface area contributed by atoms with Crippen LogP contribution in [0.1, 0.15) is 41.5 Å². The van der Waals surface area contributed by atoms with Crippen molar-refractivity contribution in [1.29, 1.82) is 0 Å². The number of aryl methyl sites for hydroxylation is 1. The number of likely N-dealkylation sites (tertiary alicyclic amines) is 1. The highest BCUT2D eigenvalue weighted by atomic mass is 32.2. The van der Waals surface area contributed by atoms with Crippen molar-refractivity contribution >= 4 is 19.8 Å². The Morgan fingerprint density at radius 1 is 1.12 bits per heavy atom. The lowest BCUT2D eigenvalue weighted by molar-refractivity contribution is 0.101. The molecule has 2 fully saturated rings. The number of hydrogen-bond acceptors (Lipinski definition) is 4. The normalized spacial score (nSPS) is 20.9. The maximum atomic E-state index is 6.37. The van der Waals surface area contributed by atoms with Gasteiger partial charge in [0, 0.05) is 32.7 Å². The molecule has 1 aromatic rings. The van der Waals surface area contributed by atoms with E-state index in [1.165, 1.54) is 74.1 Å². The molecule has 2 heterocycles. The van der Waals surface area contributed by atoms with Gasteiger partial charge in [-0.3, -0.25) is 0 Å². The maximum Gasteiger partial charge on any atom is 0.0785 e. The van der Waals surface area contributed by atoms with Gasteiger partial charge in [0.2, 0.25) is 0 Å². The zero-order chi connectivity index (χ0) is 18.5. The van der Waals surface area contributed by atoms with Crippen molar-refractivity contribution in [2.45, 2.75) is 57.6 Å². The number of nitrogens with zero attached hydrogens (tertiary/aromatic N) is 2. The molecule has 0 amide bonds. The first-order chi connectivity index (χ1) is 12.6. The van der Waals surface area contributed by atoms with Crippen LogP contribution in [0.5, 0.6) is 0 Å². The number of nitrogens with two attached hydrogens (primary N) is 1. The first-order valence-electron chi connectivity index (χ1n) is 10.2. The summed E-state index contributed by atoms with van der Waals surface area (Å²) in [6.45, 7) is 10.3. The van der Waals surface area contributed by atoms with Crippen molar-refractivity contribution in [2.75, 3.05) is 32.7 Å². The van der Waals surface area contributed by atoms with Crippen molar-refractivity contribution in [3.8, 4) is 0 Å². The van der Waals surface area contributed by atoms with Crippen molar-refractivity contribution in [3.05, 3.63) is 34.4 Å². The summed E-state index contributed by atoms with van der Waals surface area (Å²) in [5.41, 5.74) is 12.2. The summed E-state index contributed by atoms with van der Waals surface area (Å²) < 4.78 is 2.47. The molecule has 2 radical (unpaired) electrons. The van der Waals surface area contributed by atoms with Crippen LogP contribution in [-0.4, -0.2) is 55.1 Å². The van der Waals surface area contributed by atoms with Crippen molar-refractivity contribution in [3.63, 3.8) is 0 Å². The lowest BCUT2D eigenvalue weighted by Gasteiger charge is -2.41. The molecule has 0 bridgehead atoms. The number of hydrogen-bond donors (Lipinski definition) is 1. The van der Waals surface area contributed by atoms with Crippen molar-refractivity contribution in [1.82, 2.24) is 9.21 Å². The Bertz CT molecular complexity index is 583. The molecular formula is C21H34BN3S. The Kier molecular flexibility index (Phi) is 7.50. The summed E-state index contributed by atoms with van der Waals surface area (Å²) in [5, 5.41) is 0.216. The molecule has 2 aliphatic heterocycles. The van der Waals surface area contributed by atoms with Gasteiger partial charge >= 0.3 is 0 Å². The molecule has 0 spiro atoms. The third-order valence-electron chi connectivity index (χ3n) is 6.00. The van der Waals surface area contributed by atoms with E-state index in [1.54, 1.807) is 0 Å². The average molecular weight is 371 g/mol. The van der Waals surface area contributed by atoms with E-state index in [-0.39, 0.29) is 5.37 Å². The summed E-state index contributed by atoms with van der Waals surface area (Å²) in [4.78, 5) is 2.53.